The summed E-state index contributed by atoms with van der Waals surface area (Å²) in [7, 11) is 1.71. The number of ether oxygens (including phenoxy) is 1. The van der Waals surface area contributed by atoms with E-state index in [0.717, 1.165) is 29.6 Å². The Labute approximate surface area is 147 Å². The Morgan fingerprint density at radius 1 is 1.24 bits per heavy atom. The Hall–Kier alpha value is -0.360. The molecule has 1 aromatic carbocycles. The predicted molar refractivity (Wildman–Crippen MR) is 97.5 cm³/mol. The second kappa shape index (κ2) is 8.32. The van der Waals surface area contributed by atoms with E-state index in [4.69, 9.17) is 4.74 Å². The van der Waals surface area contributed by atoms with E-state index in [1.807, 2.05) is 6.07 Å². The van der Waals surface area contributed by atoms with Gasteiger partial charge in [-0.15, -0.1) is 11.3 Å². The molecule has 1 unspecified atom stereocenters. The number of hydrogen-bond donors (Lipinski definition) is 1. The van der Waals surface area contributed by atoms with Crippen LogP contribution in [0.25, 0.3) is 0 Å². The Balaban J connectivity index is 2.26. The minimum absolute atomic E-state index is 0.278. The summed E-state index contributed by atoms with van der Waals surface area (Å²) in [6.07, 6.45) is 2.09. The lowest BCUT2D eigenvalue weighted by Crippen LogP contribution is -2.24. The average Bonchev–Trinajstić information content (AvgIpc) is 2.89. The van der Waals surface area contributed by atoms with Gasteiger partial charge in [0.25, 0.3) is 0 Å². The zero-order chi connectivity index (χ0) is 15.2. The van der Waals surface area contributed by atoms with Crippen molar-refractivity contribution >= 4 is 43.2 Å². The van der Waals surface area contributed by atoms with Gasteiger partial charge in [-0.25, -0.2) is 0 Å². The van der Waals surface area contributed by atoms with Crippen molar-refractivity contribution in [3.8, 4) is 5.75 Å². The molecule has 0 amide bonds. The summed E-state index contributed by atoms with van der Waals surface area (Å²) in [5.74, 6) is 0.892. The number of nitrogens with one attached hydrogen (secondary N) is 1. The molecule has 0 saturated carbocycles. The molecule has 0 aliphatic heterocycles. The topological polar surface area (TPSA) is 21.3 Å². The van der Waals surface area contributed by atoms with Gasteiger partial charge in [0.1, 0.15) is 5.75 Å². The Kier molecular flexibility index (Phi) is 6.74. The second-order valence-electron chi connectivity index (χ2n) is 4.80. The number of benzene rings is 1. The molecule has 2 aromatic rings. The quantitative estimate of drug-likeness (QED) is 0.617. The number of rotatable bonds is 7. The van der Waals surface area contributed by atoms with Crippen LogP contribution in [0.3, 0.4) is 0 Å². The van der Waals surface area contributed by atoms with E-state index >= 15 is 0 Å². The van der Waals surface area contributed by atoms with Crippen molar-refractivity contribution in [2.45, 2.75) is 25.8 Å². The van der Waals surface area contributed by atoms with Crippen LogP contribution < -0.4 is 10.1 Å². The molecule has 0 aliphatic rings. The summed E-state index contributed by atoms with van der Waals surface area (Å²) in [4.78, 5) is 1.37. The van der Waals surface area contributed by atoms with Crippen LogP contribution in [0.4, 0.5) is 0 Å². The third-order valence-electron chi connectivity index (χ3n) is 3.25. The maximum atomic E-state index is 5.37. The average molecular weight is 433 g/mol. The highest BCUT2D eigenvalue weighted by molar-refractivity contribution is 9.11. The summed E-state index contributed by atoms with van der Waals surface area (Å²) >= 11 is 9.00. The lowest BCUT2D eigenvalue weighted by Gasteiger charge is -2.20. The molecule has 0 bridgehead atoms. The van der Waals surface area contributed by atoms with Crippen LogP contribution in [-0.2, 0) is 6.42 Å². The molecule has 0 saturated heterocycles. The van der Waals surface area contributed by atoms with E-state index in [1.54, 1.807) is 18.4 Å². The standard InChI is InChI=1S/C16H19Br2NOS/c1-3-8-19-15(10-12-5-7-16(18)21-12)13-9-11(20-2)4-6-14(13)17/h4-7,9,15,19H,3,8,10H2,1-2H3. The van der Waals surface area contributed by atoms with Crippen LogP contribution in [0.15, 0.2) is 38.6 Å². The monoisotopic (exact) mass is 431 g/mol. The summed E-state index contributed by atoms with van der Waals surface area (Å²) in [6.45, 7) is 3.19. The molecule has 1 N–H and O–H groups in total. The van der Waals surface area contributed by atoms with Crippen LogP contribution in [-0.4, -0.2) is 13.7 Å². The normalized spacial score (nSPS) is 12.4. The first-order chi connectivity index (χ1) is 10.1. The van der Waals surface area contributed by atoms with Gasteiger partial charge in [0.05, 0.1) is 10.9 Å². The van der Waals surface area contributed by atoms with Gasteiger partial charge >= 0.3 is 0 Å². The summed E-state index contributed by atoms with van der Waals surface area (Å²) < 4.78 is 7.66. The van der Waals surface area contributed by atoms with Crippen LogP contribution in [0.5, 0.6) is 5.75 Å². The lowest BCUT2D eigenvalue weighted by atomic mass is 10.0. The van der Waals surface area contributed by atoms with Crippen molar-refractivity contribution in [2.24, 2.45) is 0 Å². The molecule has 0 radical (unpaired) electrons. The minimum atomic E-state index is 0.278. The molecule has 0 fully saturated rings. The Bertz CT molecular complexity index is 585. The van der Waals surface area contributed by atoms with Gasteiger partial charge in [0.15, 0.2) is 0 Å². The summed E-state index contributed by atoms with van der Waals surface area (Å²) in [5, 5.41) is 3.64. The highest BCUT2D eigenvalue weighted by atomic mass is 79.9. The number of halogens is 2. The predicted octanol–water partition coefficient (Wildman–Crippen LogP) is 5.57. The third-order valence-corrected chi connectivity index (χ3v) is 5.62. The molecule has 1 heterocycles. The molecule has 2 rings (SSSR count). The van der Waals surface area contributed by atoms with Crippen molar-refractivity contribution < 1.29 is 4.74 Å². The molecule has 2 nitrogen and oxygen atoms in total. The fourth-order valence-corrected chi connectivity index (χ4v) is 4.24. The Morgan fingerprint density at radius 2 is 2.05 bits per heavy atom. The Morgan fingerprint density at radius 3 is 2.67 bits per heavy atom. The first kappa shape index (κ1) is 17.0. The van der Waals surface area contributed by atoms with Gasteiger partial charge in [0, 0.05) is 21.8 Å². The molecular weight excluding hydrogens is 414 g/mol. The van der Waals surface area contributed by atoms with Gasteiger partial charge in [0.2, 0.25) is 0 Å². The molecule has 114 valence electrons. The fraction of sp³-hybridized carbons (Fsp3) is 0.375. The van der Waals surface area contributed by atoms with Gasteiger partial charge in [-0.3, -0.25) is 0 Å². The van der Waals surface area contributed by atoms with Crippen LogP contribution in [0, 0.1) is 0 Å². The number of thiophene rings is 1. The molecule has 1 aromatic heterocycles. The molecule has 0 aliphatic carbocycles. The van der Waals surface area contributed by atoms with Crippen LogP contribution in [0.2, 0.25) is 0 Å². The smallest absolute Gasteiger partial charge is 0.119 e. The van der Waals surface area contributed by atoms with E-state index < -0.39 is 0 Å². The van der Waals surface area contributed by atoms with Crippen LogP contribution in [0.1, 0.15) is 29.8 Å². The molecule has 1 atom stereocenters. The van der Waals surface area contributed by atoms with Crippen molar-refractivity contribution in [3.05, 3.63) is 49.0 Å². The number of methoxy groups -OCH3 is 1. The van der Waals surface area contributed by atoms with E-state index in [2.05, 4.69) is 68.4 Å². The summed E-state index contributed by atoms with van der Waals surface area (Å²) in [6, 6.07) is 10.7. The van der Waals surface area contributed by atoms with Gasteiger partial charge in [-0.2, -0.15) is 0 Å². The molecule has 21 heavy (non-hydrogen) atoms. The second-order valence-corrected chi connectivity index (χ2v) is 8.21. The highest BCUT2D eigenvalue weighted by Gasteiger charge is 2.16. The lowest BCUT2D eigenvalue weighted by molar-refractivity contribution is 0.412. The van der Waals surface area contributed by atoms with Crippen molar-refractivity contribution in [3.63, 3.8) is 0 Å². The first-order valence-corrected chi connectivity index (χ1v) is 9.35. The SMILES string of the molecule is CCCNC(Cc1ccc(Br)s1)c1cc(OC)ccc1Br. The highest BCUT2D eigenvalue weighted by Crippen LogP contribution is 2.32. The van der Waals surface area contributed by atoms with E-state index in [0.29, 0.717) is 0 Å². The summed E-state index contributed by atoms with van der Waals surface area (Å²) in [5.41, 5.74) is 1.24. The van der Waals surface area contributed by atoms with Crippen molar-refractivity contribution in [1.82, 2.24) is 5.32 Å². The molecule has 0 spiro atoms. The van der Waals surface area contributed by atoms with Crippen molar-refractivity contribution in [2.75, 3.05) is 13.7 Å². The molecular formula is C16H19Br2NOS. The largest absolute Gasteiger partial charge is 0.497 e. The minimum Gasteiger partial charge on any atom is -0.497 e. The fourth-order valence-electron chi connectivity index (χ4n) is 2.19. The first-order valence-electron chi connectivity index (χ1n) is 6.95. The zero-order valence-electron chi connectivity index (χ0n) is 12.2. The van der Waals surface area contributed by atoms with Gasteiger partial charge < -0.3 is 10.1 Å². The van der Waals surface area contributed by atoms with Gasteiger partial charge in [-0.1, -0.05) is 22.9 Å². The van der Waals surface area contributed by atoms with E-state index in [9.17, 15) is 0 Å². The third kappa shape index (κ3) is 4.81. The van der Waals surface area contributed by atoms with Crippen LogP contribution >= 0.6 is 43.2 Å². The van der Waals surface area contributed by atoms with Crippen molar-refractivity contribution in [1.29, 1.82) is 0 Å². The van der Waals surface area contributed by atoms with E-state index in [1.165, 1.54) is 14.2 Å². The maximum absolute atomic E-state index is 5.37. The zero-order valence-corrected chi connectivity index (χ0v) is 16.1. The van der Waals surface area contributed by atoms with Gasteiger partial charge in [-0.05, 0) is 64.8 Å². The maximum Gasteiger partial charge on any atom is 0.119 e. The van der Waals surface area contributed by atoms with E-state index in [-0.39, 0.29) is 6.04 Å². The number of hydrogen-bond acceptors (Lipinski definition) is 3. The molecule has 5 heteroatoms.